The number of nitrogens with zero attached hydrogens (tertiary/aromatic N) is 1. The largest absolute Gasteiger partial charge is 0.364 e. The standard InChI is InChI=1S/C19H30N2/c1-18(2)11-7-12-19(14-18,15-20)21-13-6-5-9-16-8-3-4-10-17(16)21/h3-4,8,10H,5-7,9,11-15,20H2,1-2H3. The van der Waals surface area contributed by atoms with E-state index < -0.39 is 0 Å². The van der Waals surface area contributed by atoms with Gasteiger partial charge in [-0.15, -0.1) is 0 Å². The highest BCUT2D eigenvalue weighted by Crippen LogP contribution is 2.46. The topological polar surface area (TPSA) is 29.3 Å². The highest BCUT2D eigenvalue weighted by atomic mass is 15.2. The van der Waals surface area contributed by atoms with Gasteiger partial charge in [-0.05, 0) is 55.6 Å². The molecule has 1 aromatic rings. The van der Waals surface area contributed by atoms with E-state index >= 15 is 0 Å². The molecular weight excluding hydrogens is 256 g/mol. The maximum Gasteiger partial charge on any atom is 0.0529 e. The zero-order valence-electron chi connectivity index (χ0n) is 13.7. The molecule has 1 atom stereocenters. The Morgan fingerprint density at radius 1 is 1.10 bits per heavy atom. The number of nitrogens with two attached hydrogens (primary N) is 1. The lowest BCUT2D eigenvalue weighted by atomic mass is 9.67. The summed E-state index contributed by atoms with van der Waals surface area (Å²) in [6.45, 7) is 6.79. The van der Waals surface area contributed by atoms with Crippen molar-refractivity contribution < 1.29 is 0 Å². The van der Waals surface area contributed by atoms with Gasteiger partial charge in [-0.1, -0.05) is 38.5 Å². The van der Waals surface area contributed by atoms with Gasteiger partial charge in [0, 0.05) is 18.8 Å². The third-order valence-electron chi connectivity index (χ3n) is 5.62. The van der Waals surface area contributed by atoms with Crippen LogP contribution in [-0.2, 0) is 6.42 Å². The van der Waals surface area contributed by atoms with Crippen molar-refractivity contribution in [3.63, 3.8) is 0 Å². The molecule has 2 aliphatic rings. The smallest absolute Gasteiger partial charge is 0.0529 e. The molecule has 0 amide bonds. The summed E-state index contributed by atoms with van der Waals surface area (Å²) in [6, 6.07) is 9.00. The Morgan fingerprint density at radius 2 is 1.90 bits per heavy atom. The predicted octanol–water partition coefficient (Wildman–Crippen LogP) is 4.13. The Hall–Kier alpha value is -1.02. The molecule has 1 aliphatic heterocycles. The highest BCUT2D eigenvalue weighted by Gasteiger charge is 2.43. The van der Waals surface area contributed by atoms with Crippen LogP contribution in [0.25, 0.3) is 0 Å². The first kappa shape index (κ1) is 14.9. The first-order valence-corrected chi connectivity index (χ1v) is 8.62. The summed E-state index contributed by atoms with van der Waals surface area (Å²) < 4.78 is 0. The average Bonchev–Trinajstić information content (AvgIpc) is 2.68. The molecule has 2 heteroatoms. The molecular formula is C19H30N2. The van der Waals surface area contributed by atoms with Gasteiger partial charge in [0.2, 0.25) is 0 Å². The van der Waals surface area contributed by atoms with Crippen LogP contribution in [0.15, 0.2) is 24.3 Å². The van der Waals surface area contributed by atoms with Crippen LogP contribution in [0.3, 0.4) is 0 Å². The SMILES string of the molecule is CC1(C)CCCC(CN)(N2CCCCc3ccccc32)C1. The first-order chi connectivity index (χ1) is 10.1. The number of hydrogen-bond acceptors (Lipinski definition) is 2. The molecule has 21 heavy (non-hydrogen) atoms. The van der Waals surface area contributed by atoms with Crippen molar-refractivity contribution in [1.29, 1.82) is 0 Å². The number of aryl methyl sites for hydroxylation is 1. The maximum absolute atomic E-state index is 6.36. The third kappa shape index (κ3) is 2.83. The van der Waals surface area contributed by atoms with Gasteiger partial charge in [0.1, 0.15) is 0 Å². The van der Waals surface area contributed by atoms with E-state index in [0.29, 0.717) is 5.41 Å². The molecule has 2 N–H and O–H groups in total. The van der Waals surface area contributed by atoms with Crippen molar-refractivity contribution in [2.24, 2.45) is 11.1 Å². The van der Waals surface area contributed by atoms with E-state index in [-0.39, 0.29) is 5.54 Å². The number of fused-ring (bicyclic) bond motifs is 1. The molecule has 1 unspecified atom stereocenters. The van der Waals surface area contributed by atoms with Gasteiger partial charge in [0.15, 0.2) is 0 Å². The number of benzene rings is 1. The first-order valence-electron chi connectivity index (χ1n) is 8.62. The van der Waals surface area contributed by atoms with E-state index in [0.717, 1.165) is 6.54 Å². The van der Waals surface area contributed by atoms with Gasteiger partial charge < -0.3 is 10.6 Å². The molecule has 3 rings (SSSR count). The third-order valence-corrected chi connectivity index (χ3v) is 5.62. The highest BCUT2D eigenvalue weighted by molar-refractivity contribution is 5.57. The lowest BCUT2D eigenvalue weighted by molar-refractivity contribution is 0.147. The van der Waals surface area contributed by atoms with Crippen LogP contribution < -0.4 is 10.6 Å². The molecule has 116 valence electrons. The summed E-state index contributed by atoms with van der Waals surface area (Å²) in [4.78, 5) is 2.69. The van der Waals surface area contributed by atoms with Crippen molar-refractivity contribution in [3.05, 3.63) is 29.8 Å². The molecule has 1 aromatic carbocycles. The summed E-state index contributed by atoms with van der Waals surface area (Å²) in [5, 5.41) is 0. The van der Waals surface area contributed by atoms with Crippen LogP contribution in [0.2, 0.25) is 0 Å². The Bertz CT molecular complexity index is 494. The average molecular weight is 286 g/mol. The molecule has 0 radical (unpaired) electrons. The molecule has 0 bridgehead atoms. The number of hydrogen-bond donors (Lipinski definition) is 1. The minimum absolute atomic E-state index is 0.169. The summed E-state index contributed by atoms with van der Waals surface area (Å²) in [7, 11) is 0. The van der Waals surface area contributed by atoms with Crippen molar-refractivity contribution in [3.8, 4) is 0 Å². The van der Waals surface area contributed by atoms with Gasteiger partial charge in [0.25, 0.3) is 0 Å². The van der Waals surface area contributed by atoms with Crippen molar-refractivity contribution in [2.45, 2.75) is 64.3 Å². The van der Waals surface area contributed by atoms with E-state index in [2.05, 4.69) is 43.0 Å². The molecule has 1 aliphatic carbocycles. The molecule has 0 saturated heterocycles. The molecule has 1 fully saturated rings. The van der Waals surface area contributed by atoms with Crippen molar-refractivity contribution in [1.82, 2.24) is 0 Å². The number of anilines is 1. The Morgan fingerprint density at radius 3 is 2.67 bits per heavy atom. The summed E-state index contributed by atoms with van der Waals surface area (Å²) >= 11 is 0. The van der Waals surface area contributed by atoms with Gasteiger partial charge in [-0.25, -0.2) is 0 Å². The minimum atomic E-state index is 0.169. The van der Waals surface area contributed by atoms with Crippen LogP contribution in [0.5, 0.6) is 0 Å². The molecule has 1 heterocycles. The lowest BCUT2D eigenvalue weighted by Crippen LogP contribution is -2.58. The van der Waals surface area contributed by atoms with Crippen LogP contribution in [0, 0.1) is 5.41 Å². The predicted molar refractivity (Wildman–Crippen MR) is 90.8 cm³/mol. The van der Waals surface area contributed by atoms with Crippen LogP contribution in [-0.4, -0.2) is 18.6 Å². The zero-order valence-corrected chi connectivity index (χ0v) is 13.7. The van der Waals surface area contributed by atoms with Crippen molar-refractivity contribution >= 4 is 5.69 Å². The lowest BCUT2D eigenvalue weighted by Gasteiger charge is -2.52. The van der Waals surface area contributed by atoms with Gasteiger partial charge >= 0.3 is 0 Å². The fourth-order valence-corrected chi connectivity index (χ4v) is 4.66. The summed E-state index contributed by atoms with van der Waals surface area (Å²) in [5.74, 6) is 0. The summed E-state index contributed by atoms with van der Waals surface area (Å²) in [5.41, 5.74) is 9.92. The van der Waals surface area contributed by atoms with Crippen LogP contribution in [0.1, 0.15) is 57.9 Å². The monoisotopic (exact) mass is 286 g/mol. The second-order valence-corrected chi connectivity index (χ2v) is 7.86. The van der Waals surface area contributed by atoms with Gasteiger partial charge in [0.05, 0.1) is 5.54 Å². The Balaban J connectivity index is 2.00. The summed E-state index contributed by atoms with van der Waals surface area (Å²) in [6.07, 6.45) is 8.93. The quantitative estimate of drug-likeness (QED) is 0.886. The fraction of sp³-hybridized carbons (Fsp3) is 0.684. The van der Waals surface area contributed by atoms with E-state index in [9.17, 15) is 0 Å². The second kappa shape index (κ2) is 5.64. The maximum atomic E-state index is 6.36. The normalized spacial score (nSPS) is 28.8. The molecule has 0 spiro atoms. The molecule has 0 aromatic heterocycles. The van der Waals surface area contributed by atoms with E-state index in [1.54, 1.807) is 0 Å². The van der Waals surface area contributed by atoms with E-state index in [1.807, 2.05) is 0 Å². The van der Waals surface area contributed by atoms with E-state index in [4.69, 9.17) is 5.73 Å². The fourth-order valence-electron chi connectivity index (χ4n) is 4.66. The number of para-hydroxylation sites is 1. The molecule has 1 saturated carbocycles. The Labute approximate surface area is 129 Å². The zero-order chi connectivity index (χ0) is 14.9. The molecule has 2 nitrogen and oxygen atoms in total. The van der Waals surface area contributed by atoms with Crippen LogP contribution >= 0.6 is 0 Å². The van der Waals surface area contributed by atoms with E-state index in [1.165, 1.54) is 62.7 Å². The van der Waals surface area contributed by atoms with Crippen LogP contribution in [0.4, 0.5) is 5.69 Å². The van der Waals surface area contributed by atoms with Gasteiger partial charge in [-0.3, -0.25) is 0 Å². The Kier molecular flexibility index (Phi) is 4.00. The van der Waals surface area contributed by atoms with Crippen molar-refractivity contribution in [2.75, 3.05) is 18.0 Å². The van der Waals surface area contributed by atoms with Gasteiger partial charge in [-0.2, -0.15) is 0 Å². The number of rotatable bonds is 2. The minimum Gasteiger partial charge on any atom is -0.364 e. The second-order valence-electron chi connectivity index (χ2n) is 7.86.